The van der Waals surface area contributed by atoms with Crippen LogP contribution in [0.3, 0.4) is 0 Å². The van der Waals surface area contributed by atoms with Crippen LogP contribution in [0, 0.1) is 0 Å². The van der Waals surface area contributed by atoms with Gasteiger partial charge < -0.3 is 9.32 Å². The lowest BCUT2D eigenvalue weighted by Gasteiger charge is -2.33. The van der Waals surface area contributed by atoms with Crippen LogP contribution in [0.2, 0.25) is 5.02 Å². The molecule has 1 atom stereocenters. The molecule has 5 nitrogen and oxygen atoms in total. The van der Waals surface area contributed by atoms with Crippen LogP contribution < -0.4 is 0 Å². The highest BCUT2D eigenvalue weighted by molar-refractivity contribution is 7.99. The summed E-state index contributed by atoms with van der Waals surface area (Å²) in [7, 11) is 0. The van der Waals surface area contributed by atoms with Gasteiger partial charge >= 0.3 is 0 Å². The van der Waals surface area contributed by atoms with Crippen molar-refractivity contribution in [1.29, 1.82) is 0 Å². The molecule has 3 rings (SSSR count). The molecule has 0 unspecified atom stereocenters. The molecule has 1 saturated heterocycles. The summed E-state index contributed by atoms with van der Waals surface area (Å²) < 4.78 is 5.60. The second-order valence-electron chi connectivity index (χ2n) is 5.60. The number of amides is 1. The monoisotopic (exact) mass is 351 g/mol. The number of thioether (sulfide) groups is 1. The molecule has 1 aliphatic heterocycles. The topological polar surface area (TPSA) is 59.2 Å². The number of halogens is 1. The lowest BCUT2D eigenvalue weighted by Crippen LogP contribution is -2.42. The van der Waals surface area contributed by atoms with E-state index in [2.05, 4.69) is 17.1 Å². The molecule has 7 heteroatoms. The highest BCUT2D eigenvalue weighted by Gasteiger charge is 2.23. The lowest BCUT2D eigenvalue weighted by molar-refractivity contribution is -0.131. The molecule has 23 heavy (non-hydrogen) atoms. The lowest BCUT2D eigenvalue weighted by atomic mass is 10.0. The maximum Gasteiger partial charge on any atom is 0.277 e. The van der Waals surface area contributed by atoms with E-state index in [1.54, 1.807) is 12.1 Å². The number of piperidine rings is 1. The minimum Gasteiger partial charge on any atom is -0.411 e. The summed E-state index contributed by atoms with van der Waals surface area (Å²) in [5, 5.41) is 9.02. The fraction of sp³-hybridized carbons (Fsp3) is 0.438. The maximum absolute atomic E-state index is 12.3. The van der Waals surface area contributed by atoms with Gasteiger partial charge in [0.15, 0.2) is 0 Å². The van der Waals surface area contributed by atoms with Crippen LogP contribution >= 0.6 is 23.4 Å². The van der Waals surface area contributed by atoms with Crippen LogP contribution in [0.25, 0.3) is 11.5 Å². The zero-order valence-corrected chi connectivity index (χ0v) is 14.4. The molecule has 0 bridgehead atoms. The summed E-state index contributed by atoms with van der Waals surface area (Å²) in [6.45, 7) is 2.95. The SMILES string of the molecule is C[C@H]1CCCCN1C(=O)CSc1nnc(-c2cccc(Cl)c2)o1. The summed E-state index contributed by atoms with van der Waals surface area (Å²) in [5.41, 5.74) is 0.771. The van der Waals surface area contributed by atoms with Crippen molar-refractivity contribution in [2.24, 2.45) is 0 Å². The molecule has 0 saturated carbocycles. The Kier molecular flexibility index (Phi) is 5.23. The molecule has 0 radical (unpaired) electrons. The quantitative estimate of drug-likeness (QED) is 0.782. The van der Waals surface area contributed by atoms with E-state index in [-0.39, 0.29) is 5.91 Å². The van der Waals surface area contributed by atoms with E-state index in [1.807, 2.05) is 17.0 Å². The number of benzene rings is 1. The first-order valence-corrected chi connectivity index (χ1v) is 9.01. The number of hydrogen-bond donors (Lipinski definition) is 0. The van der Waals surface area contributed by atoms with Crippen molar-refractivity contribution in [3.05, 3.63) is 29.3 Å². The summed E-state index contributed by atoms with van der Waals surface area (Å²) in [6, 6.07) is 7.56. The number of rotatable bonds is 4. The summed E-state index contributed by atoms with van der Waals surface area (Å²) >= 11 is 7.24. The molecular formula is C16H18ClN3O2S. The average molecular weight is 352 g/mol. The van der Waals surface area contributed by atoms with Crippen LogP contribution in [0.4, 0.5) is 0 Å². The van der Waals surface area contributed by atoms with E-state index in [0.29, 0.717) is 27.9 Å². The first kappa shape index (κ1) is 16.3. The number of carbonyl (C=O) groups excluding carboxylic acids is 1. The maximum atomic E-state index is 12.3. The van der Waals surface area contributed by atoms with E-state index in [4.69, 9.17) is 16.0 Å². The molecule has 1 aliphatic rings. The molecule has 1 aromatic carbocycles. The number of hydrogen-bond acceptors (Lipinski definition) is 5. The Labute approximate surface area is 144 Å². The van der Waals surface area contributed by atoms with E-state index < -0.39 is 0 Å². The van der Waals surface area contributed by atoms with Crippen LogP contribution in [-0.4, -0.2) is 39.3 Å². The van der Waals surface area contributed by atoms with Crippen molar-refractivity contribution in [3.63, 3.8) is 0 Å². The molecule has 2 aromatic rings. The van der Waals surface area contributed by atoms with Crippen molar-refractivity contribution >= 4 is 29.3 Å². The Hall–Kier alpha value is -1.53. The third-order valence-electron chi connectivity index (χ3n) is 3.92. The predicted molar refractivity (Wildman–Crippen MR) is 90.5 cm³/mol. The number of nitrogens with zero attached hydrogens (tertiary/aromatic N) is 3. The molecule has 1 fully saturated rings. The summed E-state index contributed by atoms with van der Waals surface area (Å²) in [4.78, 5) is 14.3. The fourth-order valence-corrected chi connectivity index (χ4v) is 3.52. The van der Waals surface area contributed by atoms with Crippen molar-refractivity contribution in [2.75, 3.05) is 12.3 Å². The Balaban J connectivity index is 1.60. The molecule has 2 heterocycles. The highest BCUT2D eigenvalue weighted by Crippen LogP contribution is 2.26. The molecular weight excluding hydrogens is 334 g/mol. The van der Waals surface area contributed by atoms with E-state index in [1.165, 1.54) is 18.2 Å². The van der Waals surface area contributed by atoms with Gasteiger partial charge in [-0.2, -0.15) is 0 Å². The largest absolute Gasteiger partial charge is 0.411 e. The van der Waals surface area contributed by atoms with Gasteiger partial charge in [-0.1, -0.05) is 29.4 Å². The first-order valence-electron chi connectivity index (χ1n) is 7.65. The molecule has 1 aromatic heterocycles. The smallest absolute Gasteiger partial charge is 0.277 e. The fourth-order valence-electron chi connectivity index (χ4n) is 2.68. The zero-order valence-electron chi connectivity index (χ0n) is 12.9. The number of carbonyl (C=O) groups is 1. The van der Waals surface area contributed by atoms with Crippen LogP contribution in [0.5, 0.6) is 0 Å². The van der Waals surface area contributed by atoms with E-state index in [9.17, 15) is 4.79 Å². The van der Waals surface area contributed by atoms with Gasteiger partial charge in [0, 0.05) is 23.2 Å². The Morgan fingerprint density at radius 1 is 1.43 bits per heavy atom. The minimum absolute atomic E-state index is 0.129. The van der Waals surface area contributed by atoms with Crippen molar-refractivity contribution < 1.29 is 9.21 Å². The Morgan fingerprint density at radius 2 is 2.30 bits per heavy atom. The van der Waals surface area contributed by atoms with Crippen LogP contribution in [0.15, 0.2) is 33.9 Å². The van der Waals surface area contributed by atoms with Gasteiger partial charge in [-0.25, -0.2) is 0 Å². The molecule has 122 valence electrons. The summed E-state index contributed by atoms with van der Waals surface area (Å²) in [6.07, 6.45) is 3.36. The van der Waals surface area contributed by atoms with Crippen molar-refractivity contribution in [2.45, 2.75) is 37.5 Å². The minimum atomic E-state index is 0.129. The van der Waals surface area contributed by atoms with E-state index in [0.717, 1.165) is 24.9 Å². The molecule has 0 spiro atoms. The van der Waals surface area contributed by atoms with Gasteiger partial charge in [0.1, 0.15) is 0 Å². The normalized spacial score (nSPS) is 18.2. The zero-order chi connectivity index (χ0) is 16.2. The van der Waals surface area contributed by atoms with Gasteiger partial charge in [-0.3, -0.25) is 4.79 Å². The van der Waals surface area contributed by atoms with E-state index >= 15 is 0 Å². The van der Waals surface area contributed by atoms with Gasteiger partial charge in [0.05, 0.1) is 5.75 Å². The Morgan fingerprint density at radius 3 is 3.09 bits per heavy atom. The number of likely N-dealkylation sites (tertiary alicyclic amines) is 1. The standard InChI is InChI=1S/C16H18ClN3O2S/c1-11-5-2-3-8-20(11)14(21)10-23-16-19-18-15(22-16)12-6-4-7-13(17)9-12/h4,6-7,9,11H,2-3,5,8,10H2,1H3/t11-/m0/s1. The molecule has 0 aliphatic carbocycles. The van der Waals surface area contributed by atoms with Crippen molar-refractivity contribution in [3.8, 4) is 11.5 Å². The van der Waals surface area contributed by atoms with Gasteiger partial charge in [-0.05, 0) is 44.4 Å². The number of aromatic nitrogens is 2. The van der Waals surface area contributed by atoms with Crippen molar-refractivity contribution in [1.82, 2.24) is 15.1 Å². The third kappa shape index (κ3) is 4.06. The first-order chi connectivity index (χ1) is 11.1. The molecule has 1 amide bonds. The van der Waals surface area contributed by atoms with Crippen LogP contribution in [-0.2, 0) is 4.79 Å². The van der Waals surface area contributed by atoms with Gasteiger partial charge in [-0.15, -0.1) is 10.2 Å². The average Bonchev–Trinajstić information content (AvgIpc) is 3.02. The second-order valence-corrected chi connectivity index (χ2v) is 6.97. The van der Waals surface area contributed by atoms with Crippen LogP contribution in [0.1, 0.15) is 26.2 Å². The summed E-state index contributed by atoms with van der Waals surface area (Å²) in [5.74, 6) is 0.861. The third-order valence-corrected chi connectivity index (χ3v) is 4.96. The molecule has 0 N–H and O–H groups in total. The second kappa shape index (κ2) is 7.36. The predicted octanol–water partition coefficient (Wildman–Crippen LogP) is 3.88. The Bertz CT molecular complexity index is 691. The van der Waals surface area contributed by atoms with Gasteiger partial charge in [0.2, 0.25) is 11.8 Å². The van der Waals surface area contributed by atoms with Gasteiger partial charge in [0.25, 0.3) is 5.22 Å². The highest BCUT2D eigenvalue weighted by atomic mass is 35.5.